The summed E-state index contributed by atoms with van der Waals surface area (Å²) >= 11 is 0. The molecule has 2 aromatic rings. The Bertz CT molecular complexity index is 590. The van der Waals surface area contributed by atoms with Crippen LogP contribution in [0.25, 0.3) is 0 Å². The molecule has 5 nitrogen and oxygen atoms in total. The Labute approximate surface area is 121 Å². The number of aromatic nitrogens is 2. The minimum absolute atomic E-state index is 0.114. The summed E-state index contributed by atoms with van der Waals surface area (Å²) in [4.78, 5) is 8.33. The third kappa shape index (κ3) is 4.01. The van der Waals surface area contributed by atoms with Crippen molar-refractivity contribution in [1.29, 1.82) is 0 Å². The van der Waals surface area contributed by atoms with Crippen molar-refractivity contribution in [3.05, 3.63) is 36.2 Å². The summed E-state index contributed by atoms with van der Waals surface area (Å²) in [5.74, 6) is 1.53. The highest BCUT2D eigenvalue weighted by Gasteiger charge is 2.07. The van der Waals surface area contributed by atoms with E-state index in [1.54, 1.807) is 12.1 Å². The van der Waals surface area contributed by atoms with Crippen molar-refractivity contribution in [2.75, 3.05) is 17.2 Å². The van der Waals surface area contributed by atoms with Crippen LogP contribution in [0.1, 0.15) is 12.5 Å². The third-order valence-corrected chi connectivity index (χ3v) is 2.77. The molecule has 0 unspecified atom stereocenters. The van der Waals surface area contributed by atoms with Gasteiger partial charge >= 0.3 is 6.61 Å². The Morgan fingerprint density at radius 3 is 2.43 bits per heavy atom. The number of alkyl halides is 2. The molecule has 0 bridgehead atoms. The second kappa shape index (κ2) is 6.83. The van der Waals surface area contributed by atoms with Crippen molar-refractivity contribution in [1.82, 2.24) is 9.97 Å². The molecule has 112 valence electrons. The van der Waals surface area contributed by atoms with E-state index >= 15 is 0 Å². The van der Waals surface area contributed by atoms with Crippen LogP contribution in [0.3, 0.4) is 0 Å². The fourth-order valence-electron chi connectivity index (χ4n) is 1.78. The van der Waals surface area contributed by atoms with E-state index in [-0.39, 0.29) is 5.75 Å². The van der Waals surface area contributed by atoms with E-state index in [4.69, 9.17) is 0 Å². The number of nitrogens with one attached hydrogen (secondary N) is 2. The maximum Gasteiger partial charge on any atom is 0.387 e. The molecule has 2 N–H and O–H groups in total. The van der Waals surface area contributed by atoms with Crippen LogP contribution in [0.5, 0.6) is 5.75 Å². The van der Waals surface area contributed by atoms with Crippen molar-refractivity contribution in [2.24, 2.45) is 0 Å². The van der Waals surface area contributed by atoms with Crippen LogP contribution >= 0.6 is 0 Å². The summed E-state index contributed by atoms with van der Waals surface area (Å²) < 4.78 is 28.4. The van der Waals surface area contributed by atoms with Gasteiger partial charge in [0, 0.05) is 17.8 Å². The number of hydrogen-bond donors (Lipinski definition) is 2. The molecule has 1 aromatic carbocycles. The highest BCUT2D eigenvalue weighted by atomic mass is 19.3. The lowest BCUT2D eigenvalue weighted by Gasteiger charge is -2.12. The lowest BCUT2D eigenvalue weighted by atomic mass is 10.2. The maximum atomic E-state index is 12.1. The predicted molar refractivity (Wildman–Crippen MR) is 77.3 cm³/mol. The van der Waals surface area contributed by atoms with Crippen LogP contribution in [0, 0.1) is 6.92 Å². The smallest absolute Gasteiger partial charge is 0.387 e. The molecule has 0 radical (unpaired) electrons. The highest BCUT2D eigenvalue weighted by Crippen LogP contribution is 2.24. The number of hydrogen-bond acceptors (Lipinski definition) is 5. The average molecular weight is 294 g/mol. The predicted octanol–water partition coefficient (Wildman–Crippen LogP) is 3.56. The molecule has 2 rings (SSSR count). The number of rotatable bonds is 6. The molecule has 21 heavy (non-hydrogen) atoms. The summed E-state index contributed by atoms with van der Waals surface area (Å²) in [6.07, 6.45) is 1.46. The largest absolute Gasteiger partial charge is 0.435 e. The van der Waals surface area contributed by atoms with Gasteiger partial charge in [-0.05, 0) is 38.1 Å². The molecule has 7 heteroatoms. The normalized spacial score (nSPS) is 10.5. The zero-order valence-electron chi connectivity index (χ0n) is 11.7. The van der Waals surface area contributed by atoms with Crippen LogP contribution in [-0.2, 0) is 0 Å². The van der Waals surface area contributed by atoms with Crippen molar-refractivity contribution in [3.63, 3.8) is 0 Å². The molecule has 0 amide bonds. The van der Waals surface area contributed by atoms with Crippen molar-refractivity contribution in [2.45, 2.75) is 20.5 Å². The number of benzene rings is 1. The topological polar surface area (TPSA) is 59.1 Å². The summed E-state index contributed by atoms with van der Waals surface area (Å²) in [5.41, 5.74) is 1.60. The van der Waals surface area contributed by atoms with Gasteiger partial charge in [0.1, 0.15) is 23.7 Å². The molecule has 0 saturated heterocycles. The van der Waals surface area contributed by atoms with Gasteiger partial charge in [-0.25, -0.2) is 9.97 Å². The fraction of sp³-hybridized carbons (Fsp3) is 0.286. The molecular weight excluding hydrogens is 278 g/mol. The van der Waals surface area contributed by atoms with Crippen LogP contribution in [0.2, 0.25) is 0 Å². The van der Waals surface area contributed by atoms with Gasteiger partial charge in [0.15, 0.2) is 0 Å². The number of nitrogens with zero attached hydrogens (tertiary/aromatic N) is 2. The lowest BCUT2D eigenvalue weighted by Crippen LogP contribution is -2.05. The molecule has 0 saturated carbocycles. The monoisotopic (exact) mass is 294 g/mol. The maximum absolute atomic E-state index is 12.1. The Hall–Kier alpha value is -2.44. The Balaban J connectivity index is 2.13. The van der Waals surface area contributed by atoms with Crippen molar-refractivity contribution < 1.29 is 13.5 Å². The molecule has 0 aliphatic heterocycles. The first-order valence-electron chi connectivity index (χ1n) is 6.47. The van der Waals surface area contributed by atoms with Gasteiger partial charge in [-0.15, -0.1) is 0 Å². The molecule has 0 fully saturated rings. The number of anilines is 3. The first-order valence-corrected chi connectivity index (χ1v) is 6.47. The minimum atomic E-state index is -2.82. The molecule has 0 aliphatic rings. The van der Waals surface area contributed by atoms with Crippen molar-refractivity contribution in [3.8, 4) is 5.75 Å². The Morgan fingerprint density at radius 1 is 1.14 bits per heavy atom. The minimum Gasteiger partial charge on any atom is -0.435 e. The Kier molecular flexibility index (Phi) is 4.86. The molecule has 1 heterocycles. The van der Waals surface area contributed by atoms with Crippen LogP contribution in [0.15, 0.2) is 30.6 Å². The van der Waals surface area contributed by atoms with E-state index in [9.17, 15) is 8.78 Å². The first-order chi connectivity index (χ1) is 10.1. The molecule has 0 spiro atoms. The second-order valence-electron chi connectivity index (χ2n) is 4.25. The van der Waals surface area contributed by atoms with Crippen LogP contribution in [-0.4, -0.2) is 23.1 Å². The van der Waals surface area contributed by atoms with E-state index in [0.29, 0.717) is 5.82 Å². The van der Waals surface area contributed by atoms with Gasteiger partial charge in [-0.3, -0.25) is 0 Å². The zero-order chi connectivity index (χ0) is 15.2. The number of halogens is 2. The van der Waals surface area contributed by atoms with E-state index in [1.165, 1.54) is 18.5 Å². The number of ether oxygens (including phenoxy) is 1. The van der Waals surface area contributed by atoms with Crippen LogP contribution < -0.4 is 15.4 Å². The van der Waals surface area contributed by atoms with Gasteiger partial charge < -0.3 is 15.4 Å². The second-order valence-corrected chi connectivity index (χ2v) is 4.25. The zero-order valence-corrected chi connectivity index (χ0v) is 11.7. The standard InChI is InChI=1S/C14H16F2N4O/c1-3-17-12-9(2)13(19-8-18-12)20-10-4-6-11(7-5-10)21-14(15)16/h4-8,14H,3H2,1-2H3,(H2,17,18,19,20). The molecule has 0 atom stereocenters. The highest BCUT2D eigenvalue weighted by molar-refractivity contribution is 5.64. The van der Waals surface area contributed by atoms with Gasteiger partial charge in [-0.1, -0.05) is 0 Å². The van der Waals surface area contributed by atoms with E-state index in [1.807, 2.05) is 13.8 Å². The first kappa shape index (κ1) is 15.0. The van der Waals surface area contributed by atoms with Gasteiger partial charge in [0.25, 0.3) is 0 Å². The molecular formula is C14H16F2N4O. The summed E-state index contributed by atoms with van der Waals surface area (Å²) in [5, 5.41) is 6.26. The molecule has 0 aliphatic carbocycles. The third-order valence-electron chi connectivity index (χ3n) is 2.77. The van der Waals surface area contributed by atoms with Gasteiger partial charge in [-0.2, -0.15) is 8.78 Å². The molecule has 1 aromatic heterocycles. The summed E-state index contributed by atoms with van der Waals surface area (Å²) in [7, 11) is 0. The van der Waals surface area contributed by atoms with Crippen molar-refractivity contribution >= 4 is 17.3 Å². The summed E-state index contributed by atoms with van der Waals surface area (Å²) in [6, 6.07) is 6.23. The Morgan fingerprint density at radius 2 is 1.81 bits per heavy atom. The quantitative estimate of drug-likeness (QED) is 0.853. The van der Waals surface area contributed by atoms with Gasteiger partial charge in [0.2, 0.25) is 0 Å². The average Bonchev–Trinajstić information content (AvgIpc) is 2.45. The van der Waals surface area contributed by atoms with E-state index in [0.717, 1.165) is 23.6 Å². The van der Waals surface area contributed by atoms with Gasteiger partial charge in [0.05, 0.1) is 0 Å². The fourth-order valence-corrected chi connectivity index (χ4v) is 1.78. The van der Waals surface area contributed by atoms with E-state index in [2.05, 4.69) is 25.3 Å². The van der Waals surface area contributed by atoms with Crippen LogP contribution in [0.4, 0.5) is 26.1 Å². The SMILES string of the molecule is CCNc1ncnc(Nc2ccc(OC(F)F)cc2)c1C. The lowest BCUT2D eigenvalue weighted by molar-refractivity contribution is -0.0498. The van der Waals surface area contributed by atoms with E-state index < -0.39 is 6.61 Å². The summed E-state index contributed by atoms with van der Waals surface area (Å²) in [6.45, 7) is 1.82.